The average Bonchev–Trinajstić information content (AvgIpc) is 3.38. The van der Waals surface area contributed by atoms with Crippen LogP contribution in [0.5, 0.6) is 0 Å². The number of aromatic nitrogens is 1. The zero-order valence-corrected chi connectivity index (χ0v) is 12.8. The molecule has 114 valence electrons. The minimum atomic E-state index is 0.0196. The number of amides is 1. The number of nitrogens with zero attached hydrogens (tertiary/aromatic N) is 2. The van der Waals surface area contributed by atoms with Gasteiger partial charge >= 0.3 is 0 Å². The van der Waals surface area contributed by atoms with Gasteiger partial charge in [-0.05, 0) is 55.8 Å². The summed E-state index contributed by atoms with van der Waals surface area (Å²) in [7, 11) is 0. The fourth-order valence-corrected chi connectivity index (χ4v) is 3.21. The Morgan fingerprint density at radius 3 is 2.76 bits per heavy atom. The number of piperidine rings is 1. The number of hydrogen-bond acceptors (Lipinski definition) is 3. The molecule has 2 fully saturated rings. The van der Waals surface area contributed by atoms with Gasteiger partial charge in [0.15, 0.2) is 0 Å². The maximum absolute atomic E-state index is 12.9. The van der Waals surface area contributed by atoms with Crippen molar-refractivity contribution in [3.05, 3.63) is 30.1 Å². The molecule has 2 atom stereocenters. The van der Waals surface area contributed by atoms with Gasteiger partial charge in [-0.15, -0.1) is 0 Å². The minimum Gasteiger partial charge on any atom is -0.334 e. The molecule has 1 aromatic heterocycles. The van der Waals surface area contributed by atoms with Crippen LogP contribution in [0.15, 0.2) is 24.5 Å². The fourth-order valence-electron chi connectivity index (χ4n) is 3.21. The number of rotatable bonds is 5. The Hall–Kier alpha value is -1.42. The molecule has 0 aromatic carbocycles. The zero-order chi connectivity index (χ0) is 14.7. The predicted octanol–water partition coefficient (Wildman–Crippen LogP) is 2.35. The third-order valence-electron chi connectivity index (χ3n) is 4.76. The van der Waals surface area contributed by atoms with Crippen molar-refractivity contribution in [2.24, 2.45) is 5.92 Å². The standard InChI is InChI=1S/C17H25N3O/c1-2-13-7-10-19-16(11-13)17(21)20(15-3-4-15)12-14-5-8-18-9-6-14/h5-6,8-9,13,15-16,19H,2-4,7,10-12H2,1H3. The molecule has 0 radical (unpaired) electrons. The van der Waals surface area contributed by atoms with Gasteiger partial charge in [0.2, 0.25) is 5.91 Å². The van der Waals surface area contributed by atoms with Crippen LogP contribution in [-0.4, -0.2) is 34.4 Å². The number of nitrogens with one attached hydrogen (secondary N) is 1. The van der Waals surface area contributed by atoms with Gasteiger partial charge in [-0.2, -0.15) is 0 Å². The molecule has 4 nitrogen and oxygen atoms in total. The van der Waals surface area contributed by atoms with Crippen molar-refractivity contribution in [1.29, 1.82) is 0 Å². The van der Waals surface area contributed by atoms with E-state index in [9.17, 15) is 4.79 Å². The first-order valence-corrected chi connectivity index (χ1v) is 8.20. The fraction of sp³-hybridized carbons (Fsp3) is 0.647. The Morgan fingerprint density at radius 2 is 2.10 bits per heavy atom. The summed E-state index contributed by atoms with van der Waals surface area (Å²) >= 11 is 0. The maximum atomic E-state index is 12.9. The van der Waals surface area contributed by atoms with Gasteiger partial charge in [0, 0.05) is 25.0 Å². The van der Waals surface area contributed by atoms with Crippen molar-refractivity contribution in [3.8, 4) is 0 Å². The van der Waals surface area contributed by atoms with Crippen molar-refractivity contribution >= 4 is 5.91 Å². The lowest BCUT2D eigenvalue weighted by Gasteiger charge is -2.33. The lowest BCUT2D eigenvalue weighted by molar-refractivity contribution is -0.135. The molecule has 1 amide bonds. The van der Waals surface area contributed by atoms with Gasteiger partial charge in [-0.25, -0.2) is 0 Å². The van der Waals surface area contributed by atoms with Crippen LogP contribution >= 0.6 is 0 Å². The second kappa shape index (κ2) is 6.56. The van der Waals surface area contributed by atoms with Crippen LogP contribution in [0, 0.1) is 5.92 Å². The molecule has 1 N–H and O–H groups in total. The summed E-state index contributed by atoms with van der Waals surface area (Å²) in [6.45, 7) is 3.93. The predicted molar refractivity (Wildman–Crippen MR) is 82.6 cm³/mol. The van der Waals surface area contributed by atoms with Gasteiger partial charge < -0.3 is 10.2 Å². The van der Waals surface area contributed by atoms with Gasteiger partial charge in [0.1, 0.15) is 0 Å². The van der Waals surface area contributed by atoms with E-state index in [1.165, 1.54) is 18.4 Å². The molecule has 2 aliphatic rings. The third-order valence-corrected chi connectivity index (χ3v) is 4.76. The van der Waals surface area contributed by atoms with Gasteiger partial charge in [-0.3, -0.25) is 9.78 Å². The number of pyridine rings is 1. The van der Waals surface area contributed by atoms with E-state index < -0.39 is 0 Å². The number of carbonyl (C=O) groups excluding carboxylic acids is 1. The maximum Gasteiger partial charge on any atom is 0.240 e. The Balaban J connectivity index is 1.67. The molecule has 0 bridgehead atoms. The summed E-state index contributed by atoms with van der Waals surface area (Å²) in [6, 6.07) is 4.48. The van der Waals surface area contributed by atoms with Crippen LogP contribution in [-0.2, 0) is 11.3 Å². The Bertz CT molecular complexity index is 472. The second-order valence-corrected chi connectivity index (χ2v) is 6.36. The van der Waals surface area contributed by atoms with E-state index in [1.54, 1.807) is 12.4 Å². The molecule has 1 aromatic rings. The molecular formula is C17H25N3O. The molecule has 1 saturated carbocycles. The number of carbonyl (C=O) groups is 1. The summed E-state index contributed by atoms with van der Waals surface area (Å²) in [5.74, 6) is 0.995. The smallest absolute Gasteiger partial charge is 0.240 e. The van der Waals surface area contributed by atoms with Crippen LogP contribution < -0.4 is 5.32 Å². The van der Waals surface area contributed by atoms with E-state index in [-0.39, 0.29) is 6.04 Å². The van der Waals surface area contributed by atoms with Crippen LogP contribution in [0.3, 0.4) is 0 Å². The lowest BCUT2D eigenvalue weighted by Crippen LogP contribution is -2.50. The van der Waals surface area contributed by atoms with Crippen molar-refractivity contribution in [3.63, 3.8) is 0 Å². The average molecular weight is 287 g/mol. The first-order chi connectivity index (χ1) is 10.3. The van der Waals surface area contributed by atoms with E-state index in [2.05, 4.69) is 22.1 Å². The lowest BCUT2D eigenvalue weighted by atomic mass is 9.90. The van der Waals surface area contributed by atoms with Crippen molar-refractivity contribution in [1.82, 2.24) is 15.2 Å². The largest absolute Gasteiger partial charge is 0.334 e. The summed E-state index contributed by atoms with van der Waals surface area (Å²) < 4.78 is 0. The third kappa shape index (κ3) is 3.62. The highest BCUT2D eigenvalue weighted by atomic mass is 16.2. The summed E-state index contributed by atoms with van der Waals surface area (Å²) in [5.41, 5.74) is 1.17. The van der Waals surface area contributed by atoms with Crippen LogP contribution in [0.25, 0.3) is 0 Å². The highest BCUT2D eigenvalue weighted by Crippen LogP contribution is 2.30. The SMILES string of the molecule is CCC1CCNC(C(=O)N(Cc2ccncc2)C2CC2)C1. The highest BCUT2D eigenvalue weighted by Gasteiger charge is 2.37. The molecule has 0 spiro atoms. The number of hydrogen-bond donors (Lipinski definition) is 1. The van der Waals surface area contributed by atoms with Crippen molar-refractivity contribution in [2.45, 2.75) is 57.7 Å². The van der Waals surface area contributed by atoms with Crippen molar-refractivity contribution < 1.29 is 4.79 Å². The highest BCUT2D eigenvalue weighted by molar-refractivity contribution is 5.82. The van der Waals surface area contributed by atoms with E-state index >= 15 is 0 Å². The molecule has 2 heterocycles. The topological polar surface area (TPSA) is 45.2 Å². The molecular weight excluding hydrogens is 262 g/mol. The summed E-state index contributed by atoms with van der Waals surface area (Å²) in [5, 5.41) is 3.43. The van der Waals surface area contributed by atoms with Gasteiger partial charge in [0.05, 0.1) is 6.04 Å². The quantitative estimate of drug-likeness (QED) is 0.904. The molecule has 2 unspecified atom stereocenters. The Morgan fingerprint density at radius 1 is 1.33 bits per heavy atom. The van der Waals surface area contributed by atoms with E-state index in [4.69, 9.17) is 0 Å². The molecule has 3 rings (SSSR count). The minimum absolute atomic E-state index is 0.0196. The van der Waals surface area contributed by atoms with E-state index in [1.807, 2.05) is 12.1 Å². The van der Waals surface area contributed by atoms with Crippen LogP contribution in [0.4, 0.5) is 0 Å². The van der Waals surface area contributed by atoms with E-state index in [0.29, 0.717) is 17.9 Å². The molecule has 1 aliphatic heterocycles. The van der Waals surface area contributed by atoms with Crippen molar-refractivity contribution in [2.75, 3.05) is 6.54 Å². The Labute approximate surface area is 126 Å². The summed E-state index contributed by atoms with van der Waals surface area (Å²) in [4.78, 5) is 19.0. The van der Waals surface area contributed by atoms with Gasteiger partial charge in [0.25, 0.3) is 0 Å². The zero-order valence-electron chi connectivity index (χ0n) is 12.8. The molecule has 1 saturated heterocycles. The first-order valence-electron chi connectivity index (χ1n) is 8.20. The Kier molecular flexibility index (Phi) is 4.54. The molecule has 21 heavy (non-hydrogen) atoms. The van der Waals surface area contributed by atoms with E-state index in [0.717, 1.165) is 32.4 Å². The van der Waals surface area contributed by atoms with Crippen LogP contribution in [0.2, 0.25) is 0 Å². The monoisotopic (exact) mass is 287 g/mol. The molecule has 1 aliphatic carbocycles. The first kappa shape index (κ1) is 14.5. The summed E-state index contributed by atoms with van der Waals surface area (Å²) in [6.07, 6.45) is 9.29. The normalized spacial score (nSPS) is 25.6. The van der Waals surface area contributed by atoms with Crippen LogP contribution in [0.1, 0.15) is 44.6 Å². The van der Waals surface area contributed by atoms with Gasteiger partial charge in [-0.1, -0.05) is 13.3 Å². The second-order valence-electron chi connectivity index (χ2n) is 6.36. The molecule has 4 heteroatoms.